The Bertz CT molecular complexity index is 1200. The first kappa shape index (κ1) is 25.4. The highest BCUT2D eigenvalue weighted by atomic mass is 16.5. The molecular formula is C25H31N5O6. The van der Waals surface area contributed by atoms with Crippen molar-refractivity contribution < 1.29 is 28.5 Å². The highest BCUT2D eigenvalue weighted by Gasteiger charge is 2.26. The molecule has 2 aromatic heterocycles. The number of nitrogens with zero attached hydrogens (tertiary/aromatic N) is 3. The molecule has 2 amide bonds. The number of hydrogen-bond donors (Lipinski definition) is 2. The zero-order chi connectivity index (χ0) is 25.5. The summed E-state index contributed by atoms with van der Waals surface area (Å²) in [7, 11) is 4.71. The lowest BCUT2D eigenvalue weighted by molar-refractivity contribution is -0.136. The molecular weight excluding hydrogens is 466 g/mol. The van der Waals surface area contributed by atoms with Crippen molar-refractivity contribution >= 4 is 22.8 Å². The lowest BCUT2D eigenvalue weighted by Gasteiger charge is -2.32. The summed E-state index contributed by atoms with van der Waals surface area (Å²) in [6, 6.07) is 5.45. The van der Waals surface area contributed by atoms with E-state index in [-0.39, 0.29) is 24.5 Å². The Labute approximate surface area is 209 Å². The fourth-order valence-corrected chi connectivity index (χ4v) is 4.25. The molecule has 0 unspecified atom stereocenters. The van der Waals surface area contributed by atoms with Crippen LogP contribution in [-0.4, -0.2) is 91.9 Å². The zero-order valence-corrected chi connectivity index (χ0v) is 20.7. The molecule has 2 N–H and O–H groups in total. The second-order valence-electron chi connectivity index (χ2n) is 8.41. The maximum Gasteiger partial charge on any atom is 0.255 e. The number of H-pyrrole nitrogens is 1. The average molecular weight is 498 g/mol. The van der Waals surface area contributed by atoms with Gasteiger partial charge in [0, 0.05) is 51.2 Å². The smallest absolute Gasteiger partial charge is 0.255 e. The topological polar surface area (TPSA) is 128 Å². The van der Waals surface area contributed by atoms with Crippen molar-refractivity contribution in [2.24, 2.45) is 0 Å². The van der Waals surface area contributed by atoms with Gasteiger partial charge in [-0.1, -0.05) is 0 Å². The molecule has 11 heteroatoms. The van der Waals surface area contributed by atoms with E-state index in [1.165, 1.54) is 13.4 Å². The molecule has 1 fully saturated rings. The van der Waals surface area contributed by atoms with E-state index >= 15 is 0 Å². The molecule has 0 saturated carbocycles. The molecule has 0 bridgehead atoms. The van der Waals surface area contributed by atoms with Crippen LogP contribution < -0.4 is 14.8 Å². The number of carbonyl (C=O) groups excluding carboxylic acids is 2. The van der Waals surface area contributed by atoms with E-state index in [1.807, 2.05) is 12.1 Å². The Morgan fingerprint density at radius 3 is 2.64 bits per heavy atom. The first-order valence-corrected chi connectivity index (χ1v) is 11.8. The van der Waals surface area contributed by atoms with Crippen LogP contribution in [-0.2, 0) is 14.3 Å². The predicted molar refractivity (Wildman–Crippen MR) is 132 cm³/mol. The largest absolute Gasteiger partial charge is 0.497 e. The summed E-state index contributed by atoms with van der Waals surface area (Å²) in [4.78, 5) is 38.9. The minimum atomic E-state index is -0.223. The number of nitrogens with one attached hydrogen (secondary N) is 2. The molecule has 3 aromatic rings. The summed E-state index contributed by atoms with van der Waals surface area (Å²) in [6.45, 7) is 2.02. The Balaban J connectivity index is 1.53. The van der Waals surface area contributed by atoms with Crippen molar-refractivity contribution in [2.45, 2.75) is 18.9 Å². The van der Waals surface area contributed by atoms with Gasteiger partial charge in [0.1, 0.15) is 42.3 Å². The van der Waals surface area contributed by atoms with E-state index in [0.717, 1.165) is 5.56 Å². The molecule has 11 nitrogen and oxygen atoms in total. The average Bonchev–Trinajstić information content (AvgIpc) is 3.34. The Hall–Kier alpha value is -3.70. The number of fused-ring (bicyclic) bond motifs is 1. The Morgan fingerprint density at radius 2 is 1.92 bits per heavy atom. The van der Waals surface area contributed by atoms with Gasteiger partial charge < -0.3 is 34.1 Å². The lowest BCUT2D eigenvalue weighted by atomic mass is 10.0. The van der Waals surface area contributed by atoms with Crippen molar-refractivity contribution in [3.05, 3.63) is 36.3 Å². The number of carbonyl (C=O) groups is 2. The van der Waals surface area contributed by atoms with Crippen LogP contribution in [0, 0.1) is 0 Å². The second kappa shape index (κ2) is 11.8. The van der Waals surface area contributed by atoms with E-state index < -0.39 is 0 Å². The van der Waals surface area contributed by atoms with Crippen LogP contribution >= 0.6 is 0 Å². The molecule has 0 spiro atoms. The van der Waals surface area contributed by atoms with Crippen LogP contribution in [0.25, 0.3) is 22.3 Å². The van der Waals surface area contributed by atoms with Crippen molar-refractivity contribution in [1.82, 2.24) is 25.2 Å². The first-order valence-electron chi connectivity index (χ1n) is 11.8. The number of likely N-dealkylation sites (tertiary alicyclic amines) is 1. The summed E-state index contributed by atoms with van der Waals surface area (Å²) in [6.07, 6.45) is 4.44. The third kappa shape index (κ3) is 5.58. The van der Waals surface area contributed by atoms with Crippen molar-refractivity contribution in [1.29, 1.82) is 0 Å². The van der Waals surface area contributed by atoms with Crippen molar-refractivity contribution in [3.63, 3.8) is 0 Å². The standard InChI is InChI=1S/C25H31N5O6/c1-33-10-11-36-20-12-17(35-3)4-5-18(20)22-24-23(28-15-27-22)19(13-26-24)25(32)29-16-6-8-30(9-7-16)21(31)14-34-2/h4-5,12-13,15-16,26H,6-11,14H2,1-3H3,(H,29,32). The van der Waals surface area contributed by atoms with Gasteiger partial charge in [-0.15, -0.1) is 0 Å². The van der Waals surface area contributed by atoms with Gasteiger partial charge in [0.05, 0.1) is 24.8 Å². The number of aromatic amines is 1. The van der Waals surface area contributed by atoms with E-state index in [0.29, 0.717) is 72.9 Å². The minimum absolute atomic E-state index is 0.0299. The van der Waals surface area contributed by atoms with Gasteiger partial charge in [-0.25, -0.2) is 9.97 Å². The number of benzene rings is 1. The summed E-state index contributed by atoms with van der Waals surface area (Å²) in [5.41, 5.74) is 2.93. The number of ether oxygens (including phenoxy) is 4. The van der Waals surface area contributed by atoms with Crippen LogP contribution in [0.5, 0.6) is 11.5 Å². The molecule has 192 valence electrons. The molecule has 1 aliphatic rings. The highest BCUT2D eigenvalue weighted by molar-refractivity contribution is 6.08. The van der Waals surface area contributed by atoms with E-state index in [9.17, 15) is 9.59 Å². The summed E-state index contributed by atoms with van der Waals surface area (Å²) in [5, 5.41) is 3.08. The van der Waals surface area contributed by atoms with E-state index in [2.05, 4.69) is 20.3 Å². The molecule has 1 aromatic carbocycles. The Kier molecular flexibility index (Phi) is 8.34. The van der Waals surface area contributed by atoms with Gasteiger partial charge in [0.15, 0.2) is 0 Å². The molecule has 36 heavy (non-hydrogen) atoms. The number of rotatable bonds is 10. The molecule has 0 aliphatic carbocycles. The maximum atomic E-state index is 13.1. The van der Waals surface area contributed by atoms with Crippen molar-refractivity contribution in [3.8, 4) is 22.8 Å². The molecule has 3 heterocycles. The minimum Gasteiger partial charge on any atom is -0.497 e. The van der Waals surface area contributed by atoms with Crippen molar-refractivity contribution in [2.75, 3.05) is 54.2 Å². The maximum absolute atomic E-state index is 13.1. The highest BCUT2D eigenvalue weighted by Crippen LogP contribution is 2.35. The van der Waals surface area contributed by atoms with Gasteiger partial charge in [0.2, 0.25) is 5.91 Å². The molecule has 1 saturated heterocycles. The molecule has 4 rings (SSSR count). The molecule has 0 radical (unpaired) electrons. The van der Waals surface area contributed by atoms with Crippen LogP contribution in [0.4, 0.5) is 0 Å². The number of amides is 2. The van der Waals surface area contributed by atoms with Gasteiger partial charge in [0.25, 0.3) is 5.91 Å². The zero-order valence-electron chi connectivity index (χ0n) is 20.7. The van der Waals surface area contributed by atoms with Crippen LogP contribution in [0.1, 0.15) is 23.2 Å². The molecule has 0 atom stereocenters. The van der Waals surface area contributed by atoms with Crippen LogP contribution in [0.15, 0.2) is 30.7 Å². The van der Waals surface area contributed by atoms with Crippen LogP contribution in [0.3, 0.4) is 0 Å². The van der Waals surface area contributed by atoms with Crippen LogP contribution in [0.2, 0.25) is 0 Å². The number of aromatic nitrogens is 3. The predicted octanol–water partition coefficient (Wildman–Crippen LogP) is 2.03. The van der Waals surface area contributed by atoms with Gasteiger partial charge in [-0.2, -0.15) is 0 Å². The number of hydrogen-bond acceptors (Lipinski definition) is 8. The fraction of sp³-hybridized carbons (Fsp3) is 0.440. The summed E-state index contributed by atoms with van der Waals surface area (Å²) < 4.78 is 21.3. The third-order valence-corrected chi connectivity index (χ3v) is 6.15. The number of methoxy groups -OCH3 is 3. The molecule has 1 aliphatic heterocycles. The first-order chi connectivity index (χ1) is 17.5. The van der Waals surface area contributed by atoms with E-state index in [4.69, 9.17) is 18.9 Å². The summed E-state index contributed by atoms with van der Waals surface area (Å²) in [5.74, 6) is 0.978. The normalized spacial score (nSPS) is 14.1. The number of piperidine rings is 1. The van der Waals surface area contributed by atoms with E-state index in [1.54, 1.807) is 31.4 Å². The SMILES string of the molecule is COCCOc1cc(OC)ccc1-c1ncnc2c(C(=O)NC3CCN(C(=O)COC)CC3)c[nH]c12. The quantitative estimate of drug-likeness (QED) is 0.407. The van der Waals surface area contributed by atoms with Gasteiger partial charge >= 0.3 is 0 Å². The Morgan fingerprint density at radius 1 is 1.11 bits per heavy atom. The lowest BCUT2D eigenvalue weighted by Crippen LogP contribution is -2.47. The monoisotopic (exact) mass is 497 g/mol. The fourth-order valence-electron chi connectivity index (χ4n) is 4.25. The summed E-state index contributed by atoms with van der Waals surface area (Å²) >= 11 is 0. The van der Waals surface area contributed by atoms with Gasteiger partial charge in [-0.05, 0) is 25.0 Å². The second-order valence-corrected chi connectivity index (χ2v) is 8.41. The third-order valence-electron chi connectivity index (χ3n) is 6.15. The van der Waals surface area contributed by atoms with Gasteiger partial charge in [-0.3, -0.25) is 9.59 Å².